The SMILES string of the molecule is c1cc(-c2ccc3cc(-c4ncc[nH]4)ccc3c2)cc(-n2cnc3ccccc32)c1. The van der Waals surface area contributed by atoms with Gasteiger partial charge in [0.2, 0.25) is 0 Å². The minimum atomic E-state index is 0.890. The average Bonchev–Trinajstić information content (AvgIpc) is 3.49. The molecule has 0 radical (unpaired) electrons. The summed E-state index contributed by atoms with van der Waals surface area (Å²) in [5.41, 5.74) is 6.69. The molecule has 142 valence electrons. The van der Waals surface area contributed by atoms with Gasteiger partial charge < -0.3 is 4.98 Å². The summed E-state index contributed by atoms with van der Waals surface area (Å²) in [7, 11) is 0. The number of benzene rings is 4. The molecular formula is C26H18N4. The van der Waals surface area contributed by atoms with Crippen LogP contribution in [0.4, 0.5) is 0 Å². The summed E-state index contributed by atoms with van der Waals surface area (Å²) in [5, 5.41) is 2.41. The number of fused-ring (bicyclic) bond motifs is 2. The molecule has 2 aromatic heterocycles. The molecule has 0 fully saturated rings. The first kappa shape index (κ1) is 16.7. The lowest BCUT2D eigenvalue weighted by atomic mass is 9.99. The number of imidazole rings is 2. The Bertz CT molecular complexity index is 1490. The molecule has 0 unspecified atom stereocenters. The lowest BCUT2D eigenvalue weighted by molar-refractivity contribution is 1.09. The van der Waals surface area contributed by atoms with Gasteiger partial charge in [-0.2, -0.15) is 0 Å². The fraction of sp³-hybridized carbons (Fsp3) is 0. The van der Waals surface area contributed by atoms with Gasteiger partial charge in [-0.25, -0.2) is 9.97 Å². The van der Waals surface area contributed by atoms with Crippen LogP contribution in [0, 0.1) is 0 Å². The number of hydrogen-bond donors (Lipinski definition) is 1. The van der Waals surface area contributed by atoms with Crippen LogP contribution in [0.25, 0.3) is 50.0 Å². The number of para-hydroxylation sites is 2. The summed E-state index contributed by atoms with van der Waals surface area (Å²) in [6.07, 6.45) is 5.51. The Morgan fingerprint density at radius 2 is 1.47 bits per heavy atom. The third-order valence-corrected chi connectivity index (χ3v) is 5.52. The van der Waals surface area contributed by atoms with Crippen LogP contribution in [0.3, 0.4) is 0 Å². The largest absolute Gasteiger partial charge is 0.345 e. The summed E-state index contributed by atoms with van der Waals surface area (Å²) >= 11 is 0. The Hall–Kier alpha value is -4.18. The molecular weight excluding hydrogens is 368 g/mol. The predicted octanol–water partition coefficient (Wildman–Crippen LogP) is 6.24. The van der Waals surface area contributed by atoms with Crippen LogP contribution in [0.15, 0.2) is 104 Å². The maximum Gasteiger partial charge on any atom is 0.137 e. The monoisotopic (exact) mass is 386 g/mol. The van der Waals surface area contributed by atoms with E-state index >= 15 is 0 Å². The van der Waals surface area contributed by atoms with E-state index in [1.807, 2.05) is 30.7 Å². The van der Waals surface area contributed by atoms with Crippen LogP contribution in [0.2, 0.25) is 0 Å². The van der Waals surface area contributed by atoms with Crippen molar-refractivity contribution >= 4 is 21.8 Å². The number of rotatable bonds is 3. The van der Waals surface area contributed by atoms with Gasteiger partial charge in [0.1, 0.15) is 12.2 Å². The standard InChI is InChI=1S/C26H18N4/c1-2-7-25-24(6-1)29-17-30(25)23-5-3-4-18(16-23)19-8-9-21-15-22(11-10-20(21)14-19)26-27-12-13-28-26/h1-17H,(H,27,28). The van der Waals surface area contributed by atoms with Crippen molar-refractivity contribution < 1.29 is 0 Å². The number of H-pyrrole nitrogens is 1. The first-order valence-corrected chi connectivity index (χ1v) is 9.92. The van der Waals surface area contributed by atoms with E-state index in [1.54, 1.807) is 6.20 Å². The van der Waals surface area contributed by atoms with Gasteiger partial charge in [-0.15, -0.1) is 0 Å². The van der Waals surface area contributed by atoms with E-state index in [1.165, 1.54) is 21.9 Å². The van der Waals surface area contributed by atoms with Gasteiger partial charge >= 0.3 is 0 Å². The van der Waals surface area contributed by atoms with Crippen molar-refractivity contribution in [2.75, 3.05) is 0 Å². The van der Waals surface area contributed by atoms with E-state index in [0.717, 1.165) is 28.1 Å². The summed E-state index contributed by atoms with van der Waals surface area (Å²) in [5.74, 6) is 0.890. The molecule has 6 rings (SSSR count). The van der Waals surface area contributed by atoms with Crippen molar-refractivity contribution in [1.29, 1.82) is 0 Å². The Kier molecular flexibility index (Phi) is 3.74. The van der Waals surface area contributed by atoms with Crippen molar-refractivity contribution in [3.63, 3.8) is 0 Å². The van der Waals surface area contributed by atoms with E-state index in [9.17, 15) is 0 Å². The smallest absolute Gasteiger partial charge is 0.137 e. The molecule has 0 saturated carbocycles. The predicted molar refractivity (Wildman–Crippen MR) is 122 cm³/mol. The Morgan fingerprint density at radius 3 is 2.33 bits per heavy atom. The van der Waals surface area contributed by atoms with Gasteiger partial charge in [0.25, 0.3) is 0 Å². The molecule has 30 heavy (non-hydrogen) atoms. The van der Waals surface area contributed by atoms with E-state index in [4.69, 9.17) is 0 Å². The van der Waals surface area contributed by atoms with E-state index < -0.39 is 0 Å². The Balaban J connectivity index is 1.41. The number of hydrogen-bond acceptors (Lipinski definition) is 2. The molecule has 0 saturated heterocycles. The maximum atomic E-state index is 4.52. The fourth-order valence-corrected chi connectivity index (χ4v) is 4.00. The molecule has 0 bridgehead atoms. The number of aromatic nitrogens is 4. The summed E-state index contributed by atoms with van der Waals surface area (Å²) in [6.45, 7) is 0. The fourth-order valence-electron chi connectivity index (χ4n) is 4.00. The van der Waals surface area contributed by atoms with E-state index in [0.29, 0.717) is 0 Å². The normalized spacial score (nSPS) is 11.3. The van der Waals surface area contributed by atoms with Crippen LogP contribution in [-0.4, -0.2) is 19.5 Å². The molecule has 0 aliphatic heterocycles. The first-order valence-electron chi connectivity index (χ1n) is 9.92. The van der Waals surface area contributed by atoms with Crippen molar-refractivity contribution in [2.45, 2.75) is 0 Å². The summed E-state index contributed by atoms with van der Waals surface area (Å²) < 4.78 is 2.13. The highest BCUT2D eigenvalue weighted by molar-refractivity contribution is 5.90. The molecule has 6 aromatic rings. The molecule has 2 heterocycles. The zero-order chi connectivity index (χ0) is 19.9. The van der Waals surface area contributed by atoms with Gasteiger partial charge in [-0.1, -0.05) is 48.5 Å². The van der Waals surface area contributed by atoms with Crippen LogP contribution in [-0.2, 0) is 0 Å². The highest BCUT2D eigenvalue weighted by Gasteiger charge is 2.07. The van der Waals surface area contributed by atoms with Gasteiger partial charge in [0, 0.05) is 23.6 Å². The minimum Gasteiger partial charge on any atom is -0.345 e. The molecule has 0 aliphatic rings. The third-order valence-electron chi connectivity index (χ3n) is 5.52. The van der Waals surface area contributed by atoms with Crippen molar-refractivity contribution in [3.05, 3.63) is 104 Å². The molecule has 4 heteroatoms. The van der Waals surface area contributed by atoms with Crippen LogP contribution < -0.4 is 0 Å². The Labute approximate surface area is 173 Å². The zero-order valence-electron chi connectivity index (χ0n) is 16.2. The topological polar surface area (TPSA) is 46.5 Å². The van der Waals surface area contributed by atoms with Crippen LogP contribution >= 0.6 is 0 Å². The molecule has 0 amide bonds. The summed E-state index contributed by atoms with van der Waals surface area (Å²) in [6, 6.07) is 29.8. The van der Waals surface area contributed by atoms with Crippen LogP contribution in [0.5, 0.6) is 0 Å². The highest BCUT2D eigenvalue weighted by Crippen LogP contribution is 2.29. The zero-order valence-corrected chi connectivity index (χ0v) is 16.2. The second kappa shape index (κ2) is 6.71. The lowest BCUT2D eigenvalue weighted by Crippen LogP contribution is -1.92. The number of nitrogens with zero attached hydrogens (tertiary/aromatic N) is 3. The maximum absolute atomic E-state index is 4.52. The van der Waals surface area contributed by atoms with Crippen molar-refractivity contribution in [3.8, 4) is 28.2 Å². The van der Waals surface area contributed by atoms with Crippen LogP contribution in [0.1, 0.15) is 0 Å². The minimum absolute atomic E-state index is 0.890. The molecule has 0 aliphatic carbocycles. The number of aromatic amines is 1. The second-order valence-electron chi connectivity index (χ2n) is 7.37. The van der Waals surface area contributed by atoms with E-state index in [-0.39, 0.29) is 0 Å². The molecule has 1 N–H and O–H groups in total. The van der Waals surface area contributed by atoms with Gasteiger partial charge in [-0.3, -0.25) is 4.57 Å². The first-order chi connectivity index (χ1) is 14.8. The van der Waals surface area contributed by atoms with E-state index in [2.05, 4.69) is 86.2 Å². The molecule has 4 nitrogen and oxygen atoms in total. The highest BCUT2D eigenvalue weighted by atomic mass is 15.0. The molecule has 0 atom stereocenters. The quantitative estimate of drug-likeness (QED) is 0.391. The Morgan fingerprint density at radius 1 is 0.667 bits per heavy atom. The molecule has 0 spiro atoms. The van der Waals surface area contributed by atoms with Crippen molar-refractivity contribution in [2.24, 2.45) is 0 Å². The molecule has 4 aromatic carbocycles. The lowest BCUT2D eigenvalue weighted by Gasteiger charge is -2.09. The second-order valence-corrected chi connectivity index (χ2v) is 7.37. The van der Waals surface area contributed by atoms with Gasteiger partial charge in [-0.05, 0) is 58.3 Å². The summed E-state index contributed by atoms with van der Waals surface area (Å²) in [4.78, 5) is 12.0. The van der Waals surface area contributed by atoms with Gasteiger partial charge in [0.05, 0.1) is 11.0 Å². The third kappa shape index (κ3) is 2.78. The number of nitrogens with one attached hydrogen (secondary N) is 1. The van der Waals surface area contributed by atoms with Gasteiger partial charge in [0.15, 0.2) is 0 Å². The average molecular weight is 386 g/mol. The van der Waals surface area contributed by atoms with Crippen molar-refractivity contribution in [1.82, 2.24) is 19.5 Å².